The molecule has 2 fully saturated rings. The smallest absolute Gasteiger partial charge is 0.323 e. The summed E-state index contributed by atoms with van der Waals surface area (Å²) in [7, 11) is 0. The molecule has 1 saturated carbocycles. The van der Waals surface area contributed by atoms with E-state index in [1.807, 2.05) is 42.5 Å². The number of aromatic nitrogens is 1. The van der Waals surface area contributed by atoms with Crippen LogP contribution >= 0.6 is 0 Å². The molecule has 2 aromatic carbocycles. The van der Waals surface area contributed by atoms with E-state index in [-0.39, 0.29) is 0 Å². The predicted molar refractivity (Wildman–Crippen MR) is 118 cm³/mol. The summed E-state index contributed by atoms with van der Waals surface area (Å²) >= 11 is 0. The first kappa shape index (κ1) is 18.0. The Labute approximate surface area is 171 Å². The van der Waals surface area contributed by atoms with Crippen molar-refractivity contribution in [2.24, 2.45) is 11.7 Å². The maximum atomic E-state index is 12.2. The minimum atomic E-state index is -0.494. The number of anilines is 3. The summed E-state index contributed by atoms with van der Waals surface area (Å²) in [5, 5.41) is 1.01. The van der Waals surface area contributed by atoms with Crippen LogP contribution in [0.15, 0.2) is 54.6 Å². The summed E-state index contributed by atoms with van der Waals surface area (Å²) in [5.74, 6) is 1.91. The molecule has 3 aromatic rings. The normalized spacial score (nSPS) is 20.4. The van der Waals surface area contributed by atoms with Crippen LogP contribution in [0.25, 0.3) is 10.9 Å². The number of nitrogens with zero attached hydrogens (tertiary/aromatic N) is 3. The molecule has 2 N–H and O–H groups in total. The number of carbonyl (C=O) groups excluding carboxylic acids is 1. The van der Waals surface area contributed by atoms with Crippen LogP contribution < -0.4 is 15.5 Å². The van der Waals surface area contributed by atoms with Crippen LogP contribution in [0.5, 0.6) is 0 Å². The van der Waals surface area contributed by atoms with Gasteiger partial charge in [0, 0.05) is 18.0 Å². The molecular formula is C24H26N4O. The van der Waals surface area contributed by atoms with Crippen LogP contribution in [0.4, 0.5) is 22.0 Å². The lowest BCUT2D eigenvalue weighted by atomic mass is 10.1. The Morgan fingerprint density at radius 3 is 2.55 bits per heavy atom. The Kier molecular flexibility index (Phi) is 4.38. The Bertz CT molecular complexity index is 1060. The van der Waals surface area contributed by atoms with Gasteiger partial charge in [0.05, 0.1) is 16.9 Å². The lowest BCUT2D eigenvalue weighted by Crippen LogP contribution is -2.32. The second kappa shape index (κ2) is 7.07. The first-order valence-electron chi connectivity index (χ1n) is 10.5. The summed E-state index contributed by atoms with van der Waals surface area (Å²) in [6.45, 7) is 3.24. The minimum absolute atomic E-state index is 0.494. The molecule has 2 heterocycles. The first-order chi connectivity index (χ1) is 14.1. The van der Waals surface area contributed by atoms with Crippen molar-refractivity contribution in [2.45, 2.75) is 38.6 Å². The Morgan fingerprint density at radius 2 is 1.90 bits per heavy atom. The van der Waals surface area contributed by atoms with Crippen molar-refractivity contribution in [1.82, 2.24) is 4.98 Å². The number of aryl methyl sites for hydroxylation is 1. The number of rotatable bonds is 4. The van der Waals surface area contributed by atoms with Crippen LogP contribution in [0, 0.1) is 5.92 Å². The zero-order valence-corrected chi connectivity index (χ0v) is 16.7. The van der Waals surface area contributed by atoms with Gasteiger partial charge in [-0.3, -0.25) is 4.90 Å². The molecule has 2 amide bonds. The number of hydrogen-bond donors (Lipinski definition) is 1. The van der Waals surface area contributed by atoms with Gasteiger partial charge >= 0.3 is 6.03 Å². The van der Waals surface area contributed by atoms with Gasteiger partial charge in [0.1, 0.15) is 5.82 Å². The SMILES string of the molecule is CCc1ccc(N(C(N)=O)c2ccc3nc(N4CC5CCC4C5)ccc3c2)cc1. The fourth-order valence-corrected chi connectivity index (χ4v) is 4.89. The molecule has 29 heavy (non-hydrogen) atoms. The van der Waals surface area contributed by atoms with E-state index in [4.69, 9.17) is 10.7 Å². The fraction of sp³-hybridized carbons (Fsp3) is 0.333. The fourth-order valence-electron chi connectivity index (χ4n) is 4.89. The largest absolute Gasteiger partial charge is 0.353 e. The lowest BCUT2D eigenvalue weighted by molar-refractivity contribution is 0.256. The molecule has 1 saturated heterocycles. The maximum Gasteiger partial charge on any atom is 0.323 e. The van der Waals surface area contributed by atoms with E-state index in [0.29, 0.717) is 6.04 Å². The van der Waals surface area contributed by atoms with Gasteiger partial charge in [0.2, 0.25) is 0 Å². The molecule has 5 nitrogen and oxygen atoms in total. The van der Waals surface area contributed by atoms with Gasteiger partial charge in [-0.05, 0) is 79.6 Å². The molecule has 1 aliphatic carbocycles. The maximum absolute atomic E-state index is 12.2. The minimum Gasteiger partial charge on any atom is -0.353 e. The molecule has 2 aliphatic rings. The van der Waals surface area contributed by atoms with Gasteiger partial charge in [-0.15, -0.1) is 0 Å². The Morgan fingerprint density at radius 1 is 1.10 bits per heavy atom. The third-order valence-electron chi connectivity index (χ3n) is 6.44. The average molecular weight is 386 g/mol. The van der Waals surface area contributed by atoms with Crippen molar-refractivity contribution in [1.29, 1.82) is 0 Å². The predicted octanol–water partition coefficient (Wildman–Crippen LogP) is 5.00. The lowest BCUT2D eigenvalue weighted by Gasteiger charge is -2.28. The molecule has 2 bridgehead atoms. The van der Waals surface area contributed by atoms with Crippen molar-refractivity contribution in [3.63, 3.8) is 0 Å². The number of fused-ring (bicyclic) bond motifs is 3. The van der Waals surface area contributed by atoms with E-state index >= 15 is 0 Å². The number of piperidine rings is 1. The third kappa shape index (κ3) is 3.20. The topological polar surface area (TPSA) is 62.5 Å². The Hall–Kier alpha value is -3.08. The number of amides is 2. The summed E-state index contributed by atoms with van der Waals surface area (Å²) in [6, 6.07) is 18.2. The number of pyridine rings is 1. The number of benzene rings is 2. The van der Waals surface area contributed by atoms with Crippen molar-refractivity contribution in [3.8, 4) is 0 Å². The van der Waals surface area contributed by atoms with Crippen LogP contribution in [0.2, 0.25) is 0 Å². The molecule has 0 radical (unpaired) electrons. The molecular weight excluding hydrogens is 360 g/mol. The second-order valence-corrected chi connectivity index (χ2v) is 8.23. The molecule has 0 spiro atoms. The highest BCUT2D eigenvalue weighted by Gasteiger charge is 2.38. The summed E-state index contributed by atoms with van der Waals surface area (Å²) in [6.07, 6.45) is 4.91. The number of urea groups is 1. The number of primary amides is 1. The highest BCUT2D eigenvalue weighted by Crippen LogP contribution is 2.40. The molecule has 5 heteroatoms. The second-order valence-electron chi connectivity index (χ2n) is 8.23. The van der Waals surface area contributed by atoms with Gasteiger partial charge < -0.3 is 10.6 Å². The van der Waals surface area contributed by atoms with E-state index < -0.39 is 6.03 Å². The van der Waals surface area contributed by atoms with Gasteiger partial charge in [-0.1, -0.05) is 19.1 Å². The average Bonchev–Trinajstić information content (AvgIpc) is 3.37. The van der Waals surface area contributed by atoms with Gasteiger partial charge in [-0.25, -0.2) is 9.78 Å². The number of nitrogens with two attached hydrogens (primary N) is 1. The van der Waals surface area contributed by atoms with Crippen molar-refractivity contribution < 1.29 is 4.79 Å². The zero-order chi connectivity index (χ0) is 20.0. The van der Waals surface area contributed by atoms with Gasteiger partial charge in [0.15, 0.2) is 0 Å². The Balaban J connectivity index is 1.47. The third-order valence-corrected chi connectivity index (χ3v) is 6.44. The molecule has 2 unspecified atom stereocenters. The highest BCUT2D eigenvalue weighted by molar-refractivity contribution is 6.00. The van der Waals surface area contributed by atoms with Crippen molar-refractivity contribution in [2.75, 3.05) is 16.3 Å². The highest BCUT2D eigenvalue weighted by atomic mass is 16.2. The van der Waals surface area contributed by atoms with Gasteiger partial charge in [-0.2, -0.15) is 0 Å². The molecule has 2 atom stereocenters. The number of carbonyl (C=O) groups is 1. The molecule has 5 rings (SSSR count). The molecule has 1 aliphatic heterocycles. The first-order valence-corrected chi connectivity index (χ1v) is 10.5. The van der Waals surface area contributed by atoms with Crippen LogP contribution in [-0.2, 0) is 6.42 Å². The van der Waals surface area contributed by atoms with Crippen LogP contribution in [-0.4, -0.2) is 23.6 Å². The quantitative estimate of drug-likeness (QED) is 0.686. The van der Waals surface area contributed by atoms with Crippen molar-refractivity contribution >= 4 is 34.1 Å². The van der Waals surface area contributed by atoms with E-state index in [9.17, 15) is 4.79 Å². The van der Waals surface area contributed by atoms with Crippen molar-refractivity contribution in [3.05, 3.63) is 60.2 Å². The van der Waals surface area contributed by atoms with Gasteiger partial charge in [0.25, 0.3) is 0 Å². The van der Waals surface area contributed by atoms with E-state index in [0.717, 1.165) is 47.0 Å². The number of hydrogen-bond acceptors (Lipinski definition) is 3. The van der Waals surface area contributed by atoms with Crippen LogP contribution in [0.1, 0.15) is 31.7 Å². The zero-order valence-electron chi connectivity index (χ0n) is 16.7. The summed E-state index contributed by atoms with van der Waals surface area (Å²) in [5.41, 5.74) is 9.42. The van der Waals surface area contributed by atoms with E-state index in [2.05, 4.69) is 24.0 Å². The summed E-state index contributed by atoms with van der Waals surface area (Å²) < 4.78 is 0. The standard InChI is InChI=1S/C24H26N4O/c1-2-16-3-7-19(8-4-16)28(24(25)29)21-10-11-22-18(14-21)6-12-23(26-22)27-15-17-5-9-20(27)13-17/h3-4,6-8,10-12,14,17,20H,2,5,9,13,15H2,1H3,(H2,25,29). The monoisotopic (exact) mass is 386 g/mol. The van der Waals surface area contributed by atoms with E-state index in [1.165, 1.54) is 24.8 Å². The van der Waals surface area contributed by atoms with Crippen LogP contribution in [0.3, 0.4) is 0 Å². The molecule has 1 aromatic heterocycles. The summed E-state index contributed by atoms with van der Waals surface area (Å²) in [4.78, 5) is 21.1. The molecule has 148 valence electrons. The van der Waals surface area contributed by atoms with E-state index in [1.54, 1.807) is 4.90 Å².